The van der Waals surface area contributed by atoms with Crippen LogP contribution in [0.5, 0.6) is 0 Å². The van der Waals surface area contributed by atoms with Crippen molar-refractivity contribution >= 4 is 11.6 Å². The van der Waals surface area contributed by atoms with Crippen molar-refractivity contribution in [1.82, 2.24) is 10.2 Å². The van der Waals surface area contributed by atoms with Gasteiger partial charge in [-0.1, -0.05) is 19.3 Å². The van der Waals surface area contributed by atoms with E-state index in [9.17, 15) is 18.0 Å². The molecule has 1 amide bonds. The molecule has 0 saturated carbocycles. The molecule has 4 nitrogen and oxygen atoms in total. The smallest absolute Gasteiger partial charge is 0.369 e. The van der Waals surface area contributed by atoms with E-state index in [-0.39, 0.29) is 18.4 Å². The van der Waals surface area contributed by atoms with E-state index in [1.54, 1.807) is 12.1 Å². The number of nitrogens with one attached hydrogen (secondary N) is 1. The third-order valence-electron chi connectivity index (χ3n) is 5.22. The minimum atomic E-state index is -4.30. The fraction of sp³-hybridized carbons (Fsp3) is 0.591. The van der Waals surface area contributed by atoms with Crippen molar-refractivity contribution in [3.8, 4) is 12.3 Å². The quantitative estimate of drug-likeness (QED) is 0.628. The van der Waals surface area contributed by atoms with Gasteiger partial charge in [0.05, 0.1) is 12.0 Å². The van der Waals surface area contributed by atoms with Gasteiger partial charge in [0.25, 0.3) is 0 Å². The van der Waals surface area contributed by atoms with Gasteiger partial charge in [-0.25, -0.2) is 0 Å². The van der Waals surface area contributed by atoms with Crippen molar-refractivity contribution < 1.29 is 18.0 Å². The number of amides is 1. The molecule has 0 bridgehead atoms. The number of halogens is 3. The van der Waals surface area contributed by atoms with Gasteiger partial charge in [-0.3, -0.25) is 9.69 Å². The maximum atomic E-state index is 12.7. The van der Waals surface area contributed by atoms with E-state index in [0.29, 0.717) is 0 Å². The fourth-order valence-corrected chi connectivity index (χ4v) is 3.66. The molecule has 1 aliphatic heterocycles. The van der Waals surface area contributed by atoms with Gasteiger partial charge in [0, 0.05) is 37.9 Å². The van der Waals surface area contributed by atoms with Gasteiger partial charge in [0.2, 0.25) is 5.91 Å². The Kier molecular flexibility index (Phi) is 8.84. The van der Waals surface area contributed by atoms with Crippen molar-refractivity contribution in [3.63, 3.8) is 0 Å². The standard InChI is InChI=1S/C22H30F3N3O/c1-3-6-19(26-21(29)7-4-2)8-5-13-27-14-16-28(17-15-27)20-11-9-18(10-12-20)22(23,24)25/h2,9-12,19H,3,5-8,13-17H2,1H3,(H,26,29). The van der Waals surface area contributed by atoms with Gasteiger partial charge in [-0.05, 0) is 50.1 Å². The second-order valence-corrected chi connectivity index (χ2v) is 7.45. The van der Waals surface area contributed by atoms with E-state index in [2.05, 4.69) is 28.0 Å². The van der Waals surface area contributed by atoms with Crippen LogP contribution in [0.2, 0.25) is 0 Å². The van der Waals surface area contributed by atoms with E-state index >= 15 is 0 Å². The number of carbonyl (C=O) groups excluding carboxylic acids is 1. The molecule has 2 rings (SSSR count). The first kappa shape index (κ1) is 23.1. The number of carbonyl (C=O) groups is 1. The molecule has 1 aliphatic rings. The molecular formula is C22H30F3N3O. The van der Waals surface area contributed by atoms with Crippen LogP contribution >= 0.6 is 0 Å². The molecule has 0 spiro atoms. The Labute approximate surface area is 171 Å². The number of rotatable bonds is 9. The molecule has 0 aliphatic carbocycles. The van der Waals surface area contributed by atoms with Crippen LogP contribution < -0.4 is 10.2 Å². The Bertz CT molecular complexity index is 674. The molecule has 7 heteroatoms. The molecule has 1 saturated heterocycles. The predicted octanol–water partition coefficient (Wildman–Crippen LogP) is 3.92. The van der Waals surface area contributed by atoms with E-state index in [0.717, 1.165) is 76.2 Å². The van der Waals surface area contributed by atoms with Crippen LogP contribution in [0, 0.1) is 12.3 Å². The summed E-state index contributed by atoms with van der Waals surface area (Å²) in [6.45, 7) is 6.39. The molecular weight excluding hydrogens is 379 g/mol. The van der Waals surface area contributed by atoms with Gasteiger partial charge in [0.1, 0.15) is 0 Å². The number of hydrogen-bond acceptors (Lipinski definition) is 3. The molecule has 1 fully saturated rings. The summed E-state index contributed by atoms with van der Waals surface area (Å²) >= 11 is 0. The third-order valence-corrected chi connectivity index (χ3v) is 5.22. The number of hydrogen-bond donors (Lipinski definition) is 1. The van der Waals surface area contributed by atoms with Crippen LogP contribution in [0.25, 0.3) is 0 Å². The van der Waals surface area contributed by atoms with Crippen molar-refractivity contribution in [1.29, 1.82) is 0 Å². The molecule has 1 aromatic carbocycles. The predicted molar refractivity (Wildman–Crippen MR) is 110 cm³/mol. The number of benzene rings is 1. The first-order chi connectivity index (χ1) is 13.8. The van der Waals surface area contributed by atoms with Gasteiger partial charge in [-0.2, -0.15) is 13.2 Å². The summed E-state index contributed by atoms with van der Waals surface area (Å²) < 4.78 is 38.1. The largest absolute Gasteiger partial charge is 0.416 e. The number of anilines is 1. The topological polar surface area (TPSA) is 35.6 Å². The Morgan fingerprint density at radius 3 is 2.38 bits per heavy atom. The number of alkyl halides is 3. The van der Waals surface area contributed by atoms with Crippen LogP contribution in [0.1, 0.15) is 44.6 Å². The van der Waals surface area contributed by atoms with Crippen LogP contribution in [0.4, 0.5) is 18.9 Å². The second kappa shape index (κ2) is 11.1. The average Bonchev–Trinajstić information content (AvgIpc) is 2.68. The SMILES string of the molecule is C#CCC(=O)NC(CCC)CCCN1CCN(c2ccc(C(F)(F)F)cc2)CC1. The second-order valence-electron chi connectivity index (χ2n) is 7.45. The highest BCUT2D eigenvalue weighted by Gasteiger charge is 2.30. The Balaban J connectivity index is 1.73. The normalized spacial score (nSPS) is 16.3. The van der Waals surface area contributed by atoms with E-state index < -0.39 is 11.7 Å². The number of terminal acetylenes is 1. The van der Waals surface area contributed by atoms with Crippen molar-refractivity contribution in [3.05, 3.63) is 29.8 Å². The van der Waals surface area contributed by atoms with Crippen LogP contribution in [-0.4, -0.2) is 49.6 Å². The van der Waals surface area contributed by atoms with E-state index in [1.165, 1.54) is 0 Å². The lowest BCUT2D eigenvalue weighted by Gasteiger charge is -2.36. The van der Waals surface area contributed by atoms with Gasteiger partial charge < -0.3 is 10.2 Å². The van der Waals surface area contributed by atoms with Crippen molar-refractivity contribution in [2.75, 3.05) is 37.6 Å². The summed E-state index contributed by atoms with van der Waals surface area (Å²) in [5.41, 5.74) is 0.215. The van der Waals surface area contributed by atoms with Crippen LogP contribution in [-0.2, 0) is 11.0 Å². The summed E-state index contributed by atoms with van der Waals surface area (Å²) in [7, 11) is 0. The van der Waals surface area contributed by atoms with Crippen molar-refractivity contribution in [2.24, 2.45) is 0 Å². The highest BCUT2D eigenvalue weighted by Crippen LogP contribution is 2.30. The van der Waals surface area contributed by atoms with E-state index in [1.807, 2.05) is 0 Å². The van der Waals surface area contributed by atoms with Crippen LogP contribution in [0.3, 0.4) is 0 Å². The van der Waals surface area contributed by atoms with Crippen molar-refractivity contribution in [2.45, 2.75) is 51.2 Å². The molecule has 1 unspecified atom stereocenters. The molecule has 0 radical (unpaired) electrons. The minimum Gasteiger partial charge on any atom is -0.369 e. The fourth-order valence-electron chi connectivity index (χ4n) is 3.66. The lowest BCUT2D eigenvalue weighted by molar-refractivity contribution is -0.137. The molecule has 1 aromatic rings. The third kappa shape index (κ3) is 7.62. The zero-order valence-corrected chi connectivity index (χ0v) is 17.0. The Hall–Kier alpha value is -2.20. The average molecular weight is 409 g/mol. The minimum absolute atomic E-state index is 0.0869. The van der Waals surface area contributed by atoms with Crippen LogP contribution in [0.15, 0.2) is 24.3 Å². The first-order valence-corrected chi connectivity index (χ1v) is 10.2. The monoisotopic (exact) mass is 409 g/mol. The van der Waals surface area contributed by atoms with E-state index in [4.69, 9.17) is 6.42 Å². The zero-order chi connectivity index (χ0) is 21.3. The summed E-state index contributed by atoms with van der Waals surface area (Å²) in [6, 6.07) is 5.54. The van der Waals surface area contributed by atoms with Gasteiger partial charge >= 0.3 is 6.18 Å². The molecule has 160 valence electrons. The maximum absolute atomic E-state index is 12.7. The van der Waals surface area contributed by atoms with Gasteiger partial charge in [-0.15, -0.1) is 6.42 Å². The Morgan fingerprint density at radius 1 is 1.17 bits per heavy atom. The highest BCUT2D eigenvalue weighted by molar-refractivity contribution is 5.78. The molecule has 1 heterocycles. The molecule has 0 aromatic heterocycles. The Morgan fingerprint density at radius 2 is 1.83 bits per heavy atom. The zero-order valence-electron chi connectivity index (χ0n) is 17.0. The van der Waals surface area contributed by atoms with Gasteiger partial charge in [0.15, 0.2) is 0 Å². The molecule has 29 heavy (non-hydrogen) atoms. The maximum Gasteiger partial charge on any atom is 0.416 e. The summed E-state index contributed by atoms with van der Waals surface area (Å²) in [6.07, 6.45) is 4.86. The first-order valence-electron chi connectivity index (χ1n) is 10.2. The molecule has 1 atom stereocenters. The number of nitrogens with zero attached hydrogens (tertiary/aromatic N) is 2. The molecule has 1 N–H and O–H groups in total. The lowest BCUT2D eigenvalue weighted by atomic mass is 10.1. The lowest BCUT2D eigenvalue weighted by Crippen LogP contribution is -2.46. The summed E-state index contributed by atoms with van der Waals surface area (Å²) in [5.74, 6) is 2.28. The highest BCUT2D eigenvalue weighted by atomic mass is 19.4. The number of piperazine rings is 1. The summed E-state index contributed by atoms with van der Waals surface area (Å²) in [5, 5.41) is 3.01. The summed E-state index contributed by atoms with van der Waals surface area (Å²) in [4.78, 5) is 16.2.